The molecule has 1 aliphatic heterocycles. The Labute approximate surface area is 112 Å². The highest BCUT2D eigenvalue weighted by atomic mass is 79.9. The van der Waals surface area contributed by atoms with Crippen molar-refractivity contribution in [1.82, 2.24) is 19.8 Å². The number of nitrogens with zero attached hydrogens (tertiary/aromatic N) is 3. The first kappa shape index (κ1) is 13.1. The Hall–Kier alpha value is -0.390. The summed E-state index contributed by atoms with van der Waals surface area (Å²) in [5, 5.41) is 3.30. The smallest absolute Gasteiger partial charge is 0.128 e. The van der Waals surface area contributed by atoms with Crippen LogP contribution in [0.2, 0.25) is 0 Å². The van der Waals surface area contributed by atoms with Crippen molar-refractivity contribution >= 4 is 15.9 Å². The van der Waals surface area contributed by atoms with Gasteiger partial charge in [0.05, 0.1) is 18.1 Å². The molecule has 1 N–H and O–H groups in total. The van der Waals surface area contributed by atoms with Gasteiger partial charge in [0.2, 0.25) is 0 Å². The predicted octanol–water partition coefficient (Wildman–Crippen LogP) is 1.93. The lowest BCUT2D eigenvalue weighted by Gasteiger charge is -2.34. The van der Waals surface area contributed by atoms with Crippen molar-refractivity contribution in [3.63, 3.8) is 0 Å². The number of hydrogen-bond donors (Lipinski definition) is 1. The van der Waals surface area contributed by atoms with Crippen LogP contribution in [0.15, 0.2) is 10.9 Å². The third-order valence-corrected chi connectivity index (χ3v) is 4.09. The summed E-state index contributed by atoms with van der Waals surface area (Å²) in [5.41, 5.74) is 1.28. The molecule has 0 saturated carbocycles. The van der Waals surface area contributed by atoms with E-state index in [1.165, 1.54) is 38.0 Å². The number of imidazole rings is 1. The minimum Gasteiger partial charge on any atom is -0.335 e. The van der Waals surface area contributed by atoms with Crippen LogP contribution >= 0.6 is 15.9 Å². The van der Waals surface area contributed by atoms with Gasteiger partial charge in [-0.1, -0.05) is 6.42 Å². The van der Waals surface area contributed by atoms with Crippen LogP contribution in [0.1, 0.15) is 31.0 Å². The summed E-state index contributed by atoms with van der Waals surface area (Å²) in [6.07, 6.45) is 5.88. The van der Waals surface area contributed by atoms with E-state index in [0.29, 0.717) is 6.04 Å². The van der Waals surface area contributed by atoms with Crippen LogP contribution in [0, 0.1) is 0 Å². The van der Waals surface area contributed by atoms with E-state index in [1.807, 2.05) is 13.4 Å². The van der Waals surface area contributed by atoms with E-state index in [4.69, 9.17) is 0 Å². The van der Waals surface area contributed by atoms with Crippen LogP contribution in [0.5, 0.6) is 0 Å². The molecule has 0 aliphatic carbocycles. The molecule has 0 spiro atoms. The molecular weight excluding hydrogens is 280 g/mol. The Morgan fingerprint density at radius 1 is 1.41 bits per heavy atom. The summed E-state index contributed by atoms with van der Waals surface area (Å²) in [6.45, 7) is 3.37. The SMILES string of the molecule is CNCC(c1c(Br)ncn1C)N1CCCCC1. The minimum absolute atomic E-state index is 0.419. The van der Waals surface area contributed by atoms with Crippen molar-refractivity contribution in [2.75, 3.05) is 26.7 Å². The molecule has 0 bridgehead atoms. The molecule has 0 aromatic carbocycles. The van der Waals surface area contributed by atoms with Crippen LogP contribution in [-0.2, 0) is 7.05 Å². The molecule has 17 heavy (non-hydrogen) atoms. The van der Waals surface area contributed by atoms with Crippen molar-refractivity contribution in [3.8, 4) is 0 Å². The number of likely N-dealkylation sites (tertiary alicyclic amines) is 1. The number of nitrogens with one attached hydrogen (secondary N) is 1. The summed E-state index contributed by atoms with van der Waals surface area (Å²) in [6, 6.07) is 0.419. The normalized spacial score (nSPS) is 19.5. The molecule has 1 aromatic heterocycles. The van der Waals surface area contributed by atoms with E-state index in [9.17, 15) is 0 Å². The number of hydrogen-bond acceptors (Lipinski definition) is 3. The topological polar surface area (TPSA) is 33.1 Å². The van der Waals surface area contributed by atoms with Gasteiger partial charge in [-0.2, -0.15) is 0 Å². The van der Waals surface area contributed by atoms with Crippen molar-refractivity contribution in [2.24, 2.45) is 7.05 Å². The van der Waals surface area contributed by atoms with Crippen LogP contribution in [-0.4, -0.2) is 41.1 Å². The highest BCUT2D eigenvalue weighted by Gasteiger charge is 2.26. The molecule has 1 aromatic rings. The zero-order valence-corrected chi connectivity index (χ0v) is 12.2. The van der Waals surface area contributed by atoms with Crippen LogP contribution in [0.4, 0.5) is 0 Å². The van der Waals surface area contributed by atoms with Gasteiger partial charge in [-0.05, 0) is 48.9 Å². The first-order valence-electron chi connectivity index (χ1n) is 6.29. The zero-order chi connectivity index (χ0) is 12.3. The molecular formula is C12H21BrN4. The maximum Gasteiger partial charge on any atom is 0.128 e. The first-order valence-corrected chi connectivity index (χ1v) is 7.08. The van der Waals surface area contributed by atoms with E-state index < -0.39 is 0 Å². The molecule has 1 unspecified atom stereocenters. The summed E-state index contributed by atoms with van der Waals surface area (Å²) in [4.78, 5) is 6.91. The second kappa shape index (κ2) is 5.98. The van der Waals surface area contributed by atoms with Crippen LogP contribution in [0.25, 0.3) is 0 Å². The molecule has 96 valence electrons. The van der Waals surface area contributed by atoms with Gasteiger partial charge in [-0.25, -0.2) is 4.98 Å². The second-order valence-corrected chi connectivity index (χ2v) is 5.45. The van der Waals surface area contributed by atoms with E-state index in [-0.39, 0.29) is 0 Å². The Morgan fingerprint density at radius 2 is 2.12 bits per heavy atom. The maximum atomic E-state index is 4.34. The Kier molecular flexibility index (Phi) is 4.59. The fourth-order valence-corrected chi connectivity index (χ4v) is 3.24. The van der Waals surface area contributed by atoms with Crippen LogP contribution < -0.4 is 5.32 Å². The molecule has 5 heteroatoms. The molecule has 1 atom stereocenters. The zero-order valence-electron chi connectivity index (χ0n) is 10.6. The van der Waals surface area contributed by atoms with E-state index >= 15 is 0 Å². The van der Waals surface area contributed by atoms with Crippen LogP contribution in [0.3, 0.4) is 0 Å². The third kappa shape index (κ3) is 2.89. The fourth-order valence-electron chi connectivity index (χ4n) is 2.61. The van der Waals surface area contributed by atoms with Gasteiger partial charge in [-0.15, -0.1) is 0 Å². The van der Waals surface area contributed by atoms with Crippen molar-refractivity contribution in [1.29, 1.82) is 0 Å². The van der Waals surface area contributed by atoms with E-state index in [0.717, 1.165) is 11.1 Å². The molecule has 1 fully saturated rings. The standard InChI is InChI=1S/C12H21BrN4/c1-14-8-10(17-6-4-3-5-7-17)11-12(13)15-9-16(11)2/h9-10,14H,3-8H2,1-2H3. The molecule has 4 nitrogen and oxygen atoms in total. The van der Waals surface area contributed by atoms with Gasteiger partial charge >= 0.3 is 0 Å². The number of aryl methyl sites for hydroxylation is 1. The van der Waals surface area contributed by atoms with E-state index in [2.05, 4.69) is 42.7 Å². The summed E-state index contributed by atoms with van der Waals surface area (Å²) < 4.78 is 3.10. The lowest BCUT2D eigenvalue weighted by Crippen LogP contribution is -2.39. The highest BCUT2D eigenvalue weighted by molar-refractivity contribution is 9.10. The quantitative estimate of drug-likeness (QED) is 0.922. The molecule has 1 saturated heterocycles. The molecule has 0 radical (unpaired) electrons. The minimum atomic E-state index is 0.419. The molecule has 2 heterocycles. The monoisotopic (exact) mass is 300 g/mol. The molecule has 0 amide bonds. The Bertz CT molecular complexity index is 338. The lowest BCUT2D eigenvalue weighted by atomic mass is 10.1. The average molecular weight is 301 g/mol. The highest BCUT2D eigenvalue weighted by Crippen LogP contribution is 2.28. The van der Waals surface area contributed by atoms with Gasteiger partial charge < -0.3 is 9.88 Å². The number of halogens is 1. The Morgan fingerprint density at radius 3 is 2.65 bits per heavy atom. The van der Waals surface area contributed by atoms with Gasteiger partial charge in [0.25, 0.3) is 0 Å². The number of aromatic nitrogens is 2. The predicted molar refractivity (Wildman–Crippen MR) is 73.0 cm³/mol. The molecule has 2 rings (SSSR count). The summed E-state index contributed by atoms with van der Waals surface area (Å²) >= 11 is 3.57. The number of likely N-dealkylation sites (N-methyl/N-ethyl adjacent to an activating group) is 1. The Balaban J connectivity index is 2.21. The summed E-state index contributed by atoms with van der Waals surface area (Å²) in [7, 11) is 4.08. The van der Waals surface area contributed by atoms with Crippen molar-refractivity contribution in [3.05, 3.63) is 16.6 Å². The van der Waals surface area contributed by atoms with Crippen molar-refractivity contribution in [2.45, 2.75) is 25.3 Å². The second-order valence-electron chi connectivity index (χ2n) is 4.70. The van der Waals surface area contributed by atoms with Gasteiger partial charge in [0.15, 0.2) is 0 Å². The largest absolute Gasteiger partial charge is 0.335 e. The van der Waals surface area contributed by atoms with Gasteiger partial charge in [0, 0.05) is 13.6 Å². The average Bonchev–Trinajstić information content (AvgIpc) is 2.68. The first-order chi connectivity index (χ1) is 8.24. The lowest BCUT2D eigenvalue weighted by molar-refractivity contribution is 0.156. The third-order valence-electron chi connectivity index (χ3n) is 3.48. The van der Waals surface area contributed by atoms with Gasteiger partial charge in [0.1, 0.15) is 4.60 Å². The number of rotatable bonds is 4. The van der Waals surface area contributed by atoms with E-state index in [1.54, 1.807) is 0 Å². The summed E-state index contributed by atoms with van der Waals surface area (Å²) in [5.74, 6) is 0. The fraction of sp³-hybridized carbons (Fsp3) is 0.750. The van der Waals surface area contributed by atoms with Gasteiger partial charge in [-0.3, -0.25) is 4.90 Å². The molecule has 1 aliphatic rings. The number of piperidine rings is 1. The maximum absolute atomic E-state index is 4.34. The van der Waals surface area contributed by atoms with Crippen molar-refractivity contribution < 1.29 is 0 Å².